The van der Waals surface area contributed by atoms with Gasteiger partial charge < -0.3 is 10.4 Å². The highest BCUT2D eigenvalue weighted by atomic mass is 19.4. The van der Waals surface area contributed by atoms with Gasteiger partial charge in [-0.15, -0.1) is 0 Å². The van der Waals surface area contributed by atoms with Gasteiger partial charge in [-0.2, -0.15) is 18.3 Å². The van der Waals surface area contributed by atoms with Crippen LogP contribution in [-0.4, -0.2) is 37.6 Å². The number of nitrogens with one attached hydrogen (secondary N) is 1. The van der Waals surface area contributed by atoms with E-state index in [4.69, 9.17) is 0 Å². The average molecular weight is 356 g/mol. The second kappa shape index (κ2) is 6.83. The third-order valence-electron chi connectivity index (χ3n) is 3.64. The van der Waals surface area contributed by atoms with Crippen LogP contribution in [0.1, 0.15) is 30.3 Å². The minimum Gasteiger partial charge on any atom is -0.380 e. The van der Waals surface area contributed by atoms with Crippen LogP contribution in [0.5, 0.6) is 0 Å². The molecule has 0 spiro atoms. The molecule has 0 aliphatic heterocycles. The molecule has 9 heteroatoms. The highest BCUT2D eigenvalue weighted by Crippen LogP contribution is 2.32. The van der Waals surface area contributed by atoms with E-state index < -0.39 is 24.1 Å². The summed E-state index contributed by atoms with van der Waals surface area (Å²) in [5.41, 5.74) is -0.674. The molecule has 0 fully saturated rings. The molecule has 25 heavy (non-hydrogen) atoms. The number of hydrogen-bond acceptors (Lipinski definition) is 4. The molecule has 2 rings (SSSR count). The molecule has 6 nitrogen and oxygen atoms in total. The normalized spacial score (nSPS) is 14.2. The first kappa shape index (κ1) is 18.9. The highest BCUT2D eigenvalue weighted by Gasteiger charge is 2.50. The number of aliphatic hydroxyl groups is 1. The van der Waals surface area contributed by atoms with Crippen molar-refractivity contribution in [1.29, 1.82) is 0 Å². The average Bonchev–Trinajstić information content (AvgIpc) is 2.83. The van der Waals surface area contributed by atoms with E-state index in [1.807, 2.05) is 19.9 Å². The summed E-state index contributed by atoms with van der Waals surface area (Å²) < 4.78 is 39.3. The van der Waals surface area contributed by atoms with Crippen molar-refractivity contribution >= 4 is 5.91 Å². The first-order valence-electron chi connectivity index (χ1n) is 7.54. The summed E-state index contributed by atoms with van der Waals surface area (Å²) in [7, 11) is 0. The van der Waals surface area contributed by atoms with Crippen molar-refractivity contribution in [3.05, 3.63) is 41.3 Å². The van der Waals surface area contributed by atoms with Crippen LogP contribution in [0.3, 0.4) is 0 Å². The molecule has 2 aromatic heterocycles. The number of rotatable bonds is 5. The quantitative estimate of drug-likeness (QED) is 0.861. The number of alkyl halides is 3. The van der Waals surface area contributed by atoms with E-state index in [0.717, 1.165) is 11.4 Å². The number of aromatic nitrogens is 3. The molecule has 1 atom stereocenters. The molecule has 0 saturated carbocycles. The summed E-state index contributed by atoms with van der Waals surface area (Å²) in [6.07, 6.45) is -4.42. The maximum atomic E-state index is 12.5. The minimum atomic E-state index is -4.87. The van der Waals surface area contributed by atoms with Crippen molar-refractivity contribution in [3.63, 3.8) is 0 Å². The van der Waals surface area contributed by atoms with Gasteiger partial charge in [-0.05, 0) is 38.5 Å². The van der Waals surface area contributed by atoms with E-state index in [2.05, 4.69) is 15.4 Å². The monoisotopic (exact) mass is 356 g/mol. The zero-order valence-corrected chi connectivity index (χ0v) is 14.1. The Morgan fingerprint density at radius 1 is 1.32 bits per heavy atom. The summed E-state index contributed by atoms with van der Waals surface area (Å²) in [4.78, 5) is 15.8. The standard InChI is InChI=1S/C16H19F3N4O2/c1-10-6-11(2)23(22-10)13-5-4-12(8-20-13)9-21-14(24)7-15(3,25)16(17,18)19/h4-6,8,25H,7,9H2,1-3H3,(H,21,24)/t15-/m1/s1. The molecule has 2 N–H and O–H groups in total. The van der Waals surface area contributed by atoms with Gasteiger partial charge >= 0.3 is 6.18 Å². The van der Waals surface area contributed by atoms with E-state index in [9.17, 15) is 23.1 Å². The van der Waals surface area contributed by atoms with Crippen molar-refractivity contribution in [2.45, 2.75) is 45.5 Å². The third-order valence-corrected chi connectivity index (χ3v) is 3.64. The first-order chi connectivity index (χ1) is 11.5. The van der Waals surface area contributed by atoms with Crippen molar-refractivity contribution in [2.24, 2.45) is 0 Å². The molecule has 0 aromatic carbocycles. The fourth-order valence-electron chi connectivity index (χ4n) is 2.18. The smallest absolute Gasteiger partial charge is 0.380 e. The zero-order chi connectivity index (χ0) is 18.8. The van der Waals surface area contributed by atoms with Crippen molar-refractivity contribution in [3.8, 4) is 5.82 Å². The Hall–Kier alpha value is -2.42. The van der Waals surface area contributed by atoms with E-state index in [1.165, 1.54) is 6.20 Å². The molecule has 1 amide bonds. The van der Waals surface area contributed by atoms with Crippen LogP contribution >= 0.6 is 0 Å². The molecule has 0 saturated heterocycles. The van der Waals surface area contributed by atoms with Crippen LogP contribution < -0.4 is 5.32 Å². The number of nitrogens with zero attached hydrogens (tertiary/aromatic N) is 3. The fraction of sp³-hybridized carbons (Fsp3) is 0.438. The van der Waals surface area contributed by atoms with Crippen LogP contribution in [0.15, 0.2) is 24.4 Å². The van der Waals surface area contributed by atoms with Crippen LogP contribution in [-0.2, 0) is 11.3 Å². The lowest BCUT2D eigenvalue weighted by atomic mass is 10.0. The molecule has 0 radical (unpaired) electrons. The molecular weight excluding hydrogens is 337 g/mol. The van der Waals surface area contributed by atoms with E-state index >= 15 is 0 Å². The first-order valence-corrected chi connectivity index (χ1v) is 7.54. The fourth-order valence-corrected chi connectivity index (χ4v) is 2.18. The maximum absolute atomic E-state index is 12.5. The number of pyridine rings is 1. The van der Waals surface area contributed by atoms with Gasteiger partial charge in [0.25, 0.3) is 0 Å². The van der Waals surface area contributed by atoms with Gasteiger partial charge in [-0.25, -0.2) is 9.67 Å². The lowest BCUT2D eigenvalue weighted by molar-refractivity contribution is -0.253. The summed E-state index contributed by atoms with van der Waals surface area (Å²) >= 11 is 0. The molecular formula is C16H19F3N4O2. The Balaban J connectivity index is 1.96. The van der Waals surface area contributed by atoms with E-state index in [0.29, 0.717) is 18.3 Å². The van der Waals surface area contributed by atoms with Crippen molar-refractivity contribution in [2.75, 3.05) is 0 Å². The van der Waals surface area contributed by atoms with Gasteiger partial charge in [0, 0.05) is 18.4 Å². The molecule has 0 unspecified atom stereocenters. The van der Waals surface area contributed by atoms with Crippen molar-refractivity contribution in [1.82, 2.24) is 20.1 Å². The lowest BCUT2D eigenvalue weighted by Gasteiger charge is -2.25. The number of halogens is 3. The Labute approximate surface area is 142 Å². The Morgan fingerprint density at radius 3 is 2.48 bits per heavy atom. The molecule has 2 aromatic rings. The number of amides is 1. The number of carbonyl (C=O) groups excluding carboxylic acids is 1. The van der Waals surface area contributed by atoms with Crippen LogP contribution in [0.25, 0.3) is 5.82 Å². The summed E-state index contributed by atoms with van der Waals surface area (Å²) in [6.45, 7) is 4.33. The number of aryl methyl sites for hydroxylation is 2. The third kappa shape index (κ3) is 4.56. The number of hydrogen-bond donors (Lipinski definition) is 2. The van der Waals surface area contributed by atoms with Gasteiger partial charge in [-0.3, -0.25) is 4.79 Å². The largest absolute Gasteiger partial charge is 0.417 e. The lowest BCUT2D eigenvalue weighted by Crippen LogP contribution is -2.46. The van der Waals surface area contributed by atoms with E-state index in [1.54, 1.807) is 16.8 Å². The van der Waals surface area contributed by atoms with Crippen LogP contribution in [0, 0.1) is 13.8 Å². The Kier molecular flexibility index (Phi) is 5.17. The Bertz CT molecular complexity index is 752. The predicted molar refractivity (Wildman–Crippen MR) is 84.0 cm³/mol. The van der Waals surface area contributed by atoms with Crippen LogP contribution in [0.4, 0.5) is 13.2 Å². The minimum absolute atomic E-state index is 0.0111. The van der Waals surface area contributed by atoms with Gasteiger partial charge in [0.05, 0.1) is 12.1 Å². The molecule has 0 aliphatic rings. The second-order valence-electron chi connectivity index (χ2n) is 6.09. The summed E-state index contributed by atoms with van der Waals surface area (Å²) in [5, 5.41) is 15.9. The van der Waals surface area contributed by atoms with Gasteiger partial charge in [0.1, 0.15) is 0 Å². The zero-order valence-electron chi connectivity index (χ0n) is 14.1. The maximum Gasteiger partial charge on any atom is 0.417 e. The number of carbonyl (C=O) groups is 1. The molecule has 0 bridgehead atoms. The van der Waals surface area contributed by atoms with Crippen molar-refractivity contribution < 1.29 is 23.1 Å². The Morgan fingerprint density at radius 2 is 2.00 bits per heavy atom. The van der Waals surface area contributed by atoms with Gasteiger partial charge in [0.2, 0.25) is 5.91 Å². The summed E-state index contributed by atoms with van der Waals surface area (Å²) in [6, 6.07) is 5.30. The second-order valence-corrected chi connectivity index (χ2v) is 6.09. The van der Waals surface area contributed by atoms with E-state index in [-0.39, 0.29) is 6.54 Å². The van der Waals surface area contributed by atoms with Gasteiger partial charge in [0.15, 0.2) is 11.4 Å². The SMILES string of the molecule is Cc1cc(C)n(-c2ccc(CNC(=O)C[C@@](C)(O)C(F)(F)F)cn2)n1. The highest BCUT2D eigenvalue weighted by molar-refractivity contribution is 5.77. The molecule has 136 valence electrons. The van der Waals surface area contributed by atoms with Crippen LogP contribution in [0.2, 0.25) is 0 Å². The summed E-state index contributed by atoms with van der Waals surface area (Å²) in [5.74, 6) is -0.300. The predicted octanol–water partition coefficient (Wildman–Crippen LogP) is 2.20. The molecule has 0 aliphatic carbocycles. The van der Waals surface area contributed by atoms with Gasteiger partial charge in [-0.1, -0.05) is 6.07 Å². The molecule has 2 heterocycles. The topological polar surface area (TPSA) is 80.0 Å².